The van der Waals surface area contributed by atoms with Crippen LogP contribution in [0, 0.1) is 17.7 Å². The molecule has 0 bridgehead atoms. The summed E-state index contributed by atoms with van der Waals surface area (Å²) in [6, 6.07) is 11.9. The van der Waals surface area contributed by atoms with Crippen molar-refractivity contribution in [2.75, 3.05) is 24.5 Å². The number of anilines is 1. The van der Waals surface area contributed by atoms with E-state index < -0.39 is 5.91 Å². The molecule has 170 valence electrons. The second kappa shape index (κ2) is 8.59. The lowest BCUT2D eigenvalue weighted by Crippen LogP contribution is -2.32. The third kappa shape index (κ3) is 3.86. The Bertz CT molecular complexity index is 1210. The predicted molar refractivity (Wildman–Crippen MR) is 127 cm³/mol. The summed E-state index contributed by atoms with van der Waals surface area (Å²) in [5.41, 5.74) is 12.3. The summed E-state index contributed by atoms with van der Waals surface area (Å²) in [6.07, 6.45) is 4.41. The summed E-state index contributed by atoms with van der Waals surface area (Å²) in [4.78, 5) is 23.4. The molecule has 0 spiro atoms. The minimum atomic E-state index is -0.523. The quantitative estimate of drug-likeness (QED) is 0.552. The van der Waals surface area contributed by atoms with Crippen molar-refractivity contribution in [2.24, 2.45) is 23.3 Å². The van der Waals surface area contributed by atoms with Crippen molar-refractivity contribution in [3.05, 3.63) is 76.8 Å². The zero-order valence-corrected chi connectivity index (χ0v) is 19.3. The molecule has 4 N–H and O–H groups in total. The Morgan fingerprint density at radius 3 is 2.70 bits per heavy atom. The number of nitrogens with zero attached hydrogens (tertiary/aromatic N) is 3. The van der Waals surface area contributed by atoms with Crippen molar-refractivity contribution in [1.29, 1.82) is 0 Å². The lowest BCUT2D eigenvalue weighted by Gasteiger charge is -2.27. The number of primary amides is 1. The Kier molecular flexibility index (Phi) is 5.76. The lowest BCUT2D eigenvalue weighted by atomic mass is 9.91. The lowest BCUT2D eigenvalue weighted by molar-refractivity contribution is 0.1000. The second-order valence-corrected chi connectivity index (χ2v) is 9.97. The van der Waals surface area contributed by atoms with E-state index in [1.807, 2.05) is 12.1 Å². The molecule has 1 aliphatic heterocycles. The number of aromatic nitrogens is 2. The zero-order chi connectivity index (χ0) is 23.2. The summed E-state index contributed by atoms with van der Waals surface area (Å²) < 4.78 is 14.6. The van der Waals surface area contributed by atoms with E-state index in [-0.39, 0.29) is 11.2 Å². The third-order valence-electron chi connectivity index (χ3n) is 6.91. The van der Waals surface area contributed by atoms with Crippen molar-refractivity contribution in [3.8, 4) is 0 Å². The van der Waals surface area contributed by atoms with E-state index in [1.165, 1.54) is 17.8 Å². The molecule has 2 aliphatic rings. The smallest absolute Gasteiger partial charge is 0.248 e. The summed E-state index contributed by atoms with van der Waals surface area (Å²) in [5.74, 6) is 0.785. The van der Waals surface area contributed by atoms with Gasteiger partial charge in [0.25, 0.3) is 0 Å². The number of piperidine rings is 1. The highest BCUT2D eigenvalue weighted by atomic mass is 35.5. The Labute approximate surface area is 200 Å². The minimum absolute atomic E-state index is 0.174. The van der Waals surface area contributed by atoms with Crippen molar-refractivity contribution in [2.45, 2.75) is 21.8 Å². The molecule has 6 nitrogen and oxygen atoms in total. The van der Waals surface area contributed by atoms with Gasteiger partial charge in [-0.3, -0.25) is 4.79 Å². The van der Waals surface area contributed by atoms with Crippen molar-refractivity contribution in [1.82, 2.24) is 9.97 Å². The molecule has 1 saturated heterocycles. The van der Waals surface area contributed by atoms with Crippen LogP contribution in [-0.4, -0.2) is 35.5 Å². The molecule has 9 heteroatoms. The van der Waals surface area contributed by atoms with E-state index in [0.29, 0.717) is 34.0 Å². The third-order valence-corrected chi connectivity index (χ3v) is 8.33. The molecule has 2 aromatic carbocycles. The first-order valence-corrected chi connectivity index (χ1v) is 11.9. The Hall–Kier alpha value is -2.68. The summed E-state index contributed by atoms with van der Waals surface area (Å²) >= 11 is 7.64. The summed E-state index contributed by atoms with van der Waals surface area (Å²) in [7, 11) is 0. The highest BCUT2D eigenvalue weighted by molar-refractivity contribution is 7.99. The van der Waals surface area contributed by atoms with Gasteiger partial charge in [-0.05, 0) is 48.1 Å². The van der Waals surface area contributed by atoms with Crippen molar-refractivity contribution in [3.63, 3.8) is 0 Å². The molecule has 1 aromatic heterocycles. The molecule has 2 fully saturated rings. The monoisotopic (exact) mass is 483 g/mol. The highest BCUT2D eigenvalue weighted by Gasteiger charge is 2.66. The SMILES string of the molecule is NC[C@]1(c2ccccc2F)[C@@H]2CCN(c3cnc(Sc4ccc(C(N)=O)cc4Cl)cn3)C[C@@H]21. The first-order valence-electron chi connectivity index (χ1n) is 10.7. The molecule has 0 unspecified atom stereocenters. The van der Waals surface area contributed by atoms with E-state index in [0.717, 1.165) is 35.8 Å². The predicted octanol–water partition coefficient (Wildman–Crippen LogP) is 3.87. The average molecular weight is 484 g/mol. The van der Waals surface area contributed by atoms with Crippen LogP contribution in [0.4, 0.5) is 10.2 Å². The zero-order valence-electron chi connectivity index (χ0n) is 17.7. The molecule has 3 aromatic rings. The molecule has 33 heavy (non-hydrogen) atoms. The Morgan fingerprint density at radius 2 is 2.03 bits per heavy atom. The molecular weight excluding hydrogens is 461 g/mol. The number of hydrogen-bond donors (Lipinski definition) is 2. The van der Waals surface area contributed by atoms with Gasteiger partial charge in [-0.2, -0.15) is 0 Å². The molecule has 3 atom stereocenters. The van der Waals surface area contributed by atoms with Gasteiger partial charge in [0.1, 0.15) is 16.7 Å². The second-order valence-electron chi connectivity index (χ2n) is 8.50. The average Bonchev–Trinajstić information content (AvgIpc) is 3.48. The molecule has 5 rings (SSSR count). The Balaban J connectivity index is 1.29. The summed E-state index contributed by atoms with van der Waals surface area (Å²) in [5, 5.41) is 1.13. The van der Waals surface area contributed by atoms with Gasteiger partial charge in [-0.25, -0.2) is 14.4 Å². The fourth-order valence-corrected chi connectivity index (χ4v) is 6.24. The van der Waals surface area contributed by atoms with E-state index in [9.17, 15) is 9.18 Å². The first kappa shape index (κ1) is 22.1. The number of fused-ring (bicyclic) bond motifs is 1. The van der Waals surface area contributed by atoms with Gasteiger partial charge >= 0.3 is 0 Å². The van der Waals surface area contributed by atoms with E-state index >= 15 is 0 Å². The van der Waals surface area contributed by atoms with Gasteiger partial charge in [0.15, 0.2) is 0 Å². The number of hydrogen-bond acceptors (Lipinski definition) is 6. The van der Waals surface area contributed by atoms with Gasteiger partial charge in [0, 0.05) is 35.5 Å². The number of carbonyl (C=O) groups is 1. The maximum Gasteiger partial charge on any atom is 0.248 e. The van der Waals surface area contributed by atoms with E-state index in [2.05, 4.69) is 14.9 Å². The molecule has 1 amide bonds. The van der Waals surface area contributed by atoms with Gasteiger partial charge in [-0.15, -0.1) is 0 Å². The number of rotatable bonds is 6. The van der Waals surface area contributed by atoms with Crippen LogP contribution in [-0.2, 0) is 5.41 Å². The normalized spacial score (nSPS) is 23.8. The van der Waals surface area contributed by atoms with Gasteiger partial charge in [-0.1, -0.05) is 41.6 Å². The first-order chi connectivity index (χ1) is 15.9. The molecule has 1 aliphatic carbocycles. The largest absolute Gasteiger partial charge is 0.366 e. The van der Waals surface area contributed by atoms with Crippen LogP contribution in [0.25, 0.3) is 0 Å². The molecule has 1 saturated carbocycles. The fraction of sp³-hybridized carbons (Fsp3) is 0.292. The van der Waals surface area contributed by atoms with Crippen LogP contribution < -0.4 is 16.4 Å². The maximum absolute atomic E-state index is 14.6. The minimum Gasteiger partial charge on any atom is -0.366 e. The summed E-state index contributed by atoms with van der Waals surface area (Å²) in [6.45, 7) is 2.05. The molecule has 0 radical (unpaired) electrons. The van der Waals surface area contributed by atoms with Crippen LogP contribution in [0.15, 0.2) is 64.8 Å². The number of benzene rings is 2. The van der Waals surface area contributed by atoms with Crippen LogP contribution >= 0.6 is 23.4 Å². The van der Waals surface area contributed by atoms with Crippen LogP contribution in [0.5, 0.6) is 0 Å². The van der Waals surface area contributed by atoms with E-state index in [1.54, 1.807) is 36.7 Å². The highest BCUT2D eigenvalue weighted by Crippen LogP contribution is 2.63. The number of nitrogens with two attached hydrogens (primary N) is 2. The fourth-order valence-electron chi connectivity index (χ4n) is 5.21. The van der Waals surface area contributed by atoms with E-state index in [4.69, 9.17) is 23.1 Å². The number of carbonyl (C=O) groups excluding carboxylic acids is 1. The Morgan fingerprint density at radius 1 is 1.21 bits per heavy atom. The molecule has 2 heterocycles. The number of amides is 1. The standard InChI is InChI=1S/C24H23ClFN5OS/c25-18-9-14(23(28)32)5-6-20(18)33-22-11-29-21(10-30-22)31-8-7-15-17(12-31)24(15,13-27)16-3-1-2-4-19(16)26/h1-6,9-11,15,17H,7-8,12-13,27H2,(H2,28,32)/t15-,17+,24-/m1/s1. The van der Waals surface area contributed by atoms with Crippen molar-refractivity contribution < 1.29 is 9.18 Å². The van der Waals surface area contributed by atoms with Gasteiger partial charge < -0.3 is 16.4 Å². The van der Waals surface area contributed by atoms with Crippen molar-refractivity contribution >= 4 is 35.1 Å². The number of halogens is 2. The van der Waals surface area contributed by atoms with Crippen LogP contribution in [0.2, 0.25) is 5.02 Å². The van der Waals surface area contributed by atoms with Crippen LogP contribution in [0.3, 0.4) is 0 Å². The van der Waals surface area contributed by atoms with Gasteiger partial charge in [0.05, 0.1) is 17.4 Å². The van der Waals surface area contributed by atoms with Crippen LogP contribution in [0.1, 0.15) is 22.3 Å². The van der Waals surface area contributed by atoms with Gasteiger partial charge in [0.2, 0.25) is 5.91 Å². The topological polar surface area (TPSA) is 98.1 Å². The molecular formula is C24H23ClFN5OS. The maximum atomic E-state index is 14.6.